The van der Waals surface area contributed by atoms with Gasteiger partial charge in [-0.15, -0.1) is 0 Å². The van der Waals surface area contributed by atoms with Crippen LogP contribution in [0.2, 0.25) is 0 Å². The Morgan fingerprint density at radius 2 is 2.05 bits per heavy atom. The van der Waals surface area contributed by atoms with Gasteiger partial charge < -0.3 is 19.9 Å². The second-order valence-corrected chi connectivity index (χ2v) is 10.3. The molecule has 3 aliphatic rings. The summed E-state index contributed by atoms with van der Waals surface area (Å²) in [6.45, 7) is 0.558. The summed E-state index contributed by atoms with van der Waals surface area (Å²) in [6.07, 6.45) is -1.55. The number of urea groups is 1. The van der Waals surface area contributed by atoms with Crippen LogP contribution in [0.15, 0.2) is 82.6 Å². The van der Waals surface area contributed by atoms with Crippen LogP contribution in [0.1, 0.15) is 23.2 Å². The molecule has 3 atom stereocenters. The Labute approximate surface area is 242 Å². The number of amides is 2. The van der Waals surface area contributed by atoms with Crippen LogP contribution in [0.3, 0.4) is 0 Å². The molecule has 4 heterocycles. The van der Waals surface area contributed by atoms with Gasteiger partial charge in [-0.1, -0.05) is 18.2 Å². The lowest BCUT2D eigenvalue weighted by Gasteiger charge is -2.47. The van der Waals surface area contributed by atoms with Crippen LogP contribution < -0.4 is 25.2 Å². The number of alkyl halides is 3. The first-order valence-electron chi connectivity index (χ1n) is 13.2. The average Bonchev–Trinajstić information content (AvgIpc) is 3.69. The summed E-state index contributed by atoms with van der Waals surface area (Å²) in [6, 6.07) is 14.4. The van der Waals surface area contributed by atoms with E-state index in [1.54, 1.807) is 24.4 Å². The van der Waals surface area contributed by atoms with Crippen LogP contribution >= 0.6 is 0 Å². The summed E-state index contributed by atoms with van der Waals surface area (Å²) in [5, 5.41) is 21.9. The maximum Gasteiger partial charge on any atom is 0.416 e. The van der Waals surface area contributed by atoms with Crippen LogP contribution in [0, 0.1) is 5.92 Å². The fourth-order valence-electron chi connectivity index (χ4n) is 5.52. The van der Waals surface area contributed by atoms with E-state index in [9.17, 15) is 23.1 Å². The number of halogens is 3. The number of carbonyl (C=O) groups is 1. The molecule has 2 saturated heterocycles. The van der Waals surface area contributed by atoms with Gasteiger partial charge >= 0.3 is 18.1 Å². The number of hydrogen-bond acceptors (Lipinski definition) is 8. The summed E-state index contributed by atoms with van der Waals surface area (Å²) in [5.41, 5.74) is -0.675. The fraction of sp³-hybridized carbons (Fsp3) is 0.276. The largest absolute Gasteiger partial charge is 0.861 e. The van der Waals surface area contributed by atoms with Crippen LogP contribution in [0.25, 0.3) is 0 Å². The minimum absolute atomic E-state index is 0.0520. The van der Waals surface area contributed by atoms with Crippen molar-refractivity contribution >= 4 is 29.2 Å². The van der Waals surface area contributed by atoms with Gasteiger partial charge in [0.25, 0.3) is 6.20 Å². The van der Waals surface area contributed by atoms with Crippen molar-refractivity contribution in [1.29, 1.82) is 0 Å². The molecule has 0 spiro atoms. The molecule has 0 unspecified atom stereocenters. The molecule has 43 heavy (non-hydrogen) atoms. The average molecular weight is 595 g/mol. The molecule has 2 aliphatic heterocycles. The molecule has 11 nitrogen and oxygen atoms in total. The predicted octanol–water partition coefficient (Wildman–Crippen LogP) is 3.82. The number of benzene rings is 2. The third-order valence-corrected chi connectivity index (χ3v) is 7.54. The molecule has 7 rings (SSSR count). The van der Waals surface area contributed by atoms with E-state index < -0.39 is 35.0 Å². The van der Waals surface area contributed by atoms with E-state index >= 15 is 0 Å². The molecule has 222 valence electrons. The van der Waals surface area contributed by atoms with E-state index in [1.807, 2.05) is 24.3 Å². The SMILES string of the molecule is COc1cccc([C@@]23CO[C@@H](C2)[C@@H]3C([O-])=Nc2cc(NC(=O)Nc3c[n+](Cc4ccccn4)no3)cc(C(F)(F)F)c2)c1. The van der Waals surface area contributed by atoms with Gasteiger partial charge in [-0.3, -0.25) is 19.8 Å². The lowest BCUT2D eigenvalue weighted by atomic mass is 9.57. The fourth-order valence-corrected chi connectivity index (χ4v) is 5.52. The van der Waals surface area contributed by atoms with E-state index in [1.165, 1.54) is 24.1 Å². The van der Waals surface area contributed by atoms with Crippen molar-refractivity contribution in [2.45, 2.75) is 30.7 Å². The number of ether oxygens (including phenoxy) is 2. The molecule has 1 aliphatic carbocycles. The van der Waals surface area contributed by atoms with Crippen molar-refractivity contribution in [2.75, 3.05) is 24.4 Å². The standard InChI is InChI=1S/C29H25F3N6O5/c1-41-22-7-4-5-17(11-22)28-13-23(42-16-28)25(28)26(39)34-20-9-18(29(30,31)32)10-21(12-20)35-27(40)36-24-15-38(37-43-24)14-19-6-2-3-8-33-19/h2-12,15,23,25H,13-14,16H2,1H3,(H2-,34,35,36,37,39,40)/t23-,25+,28-/m0/s1. The molecule has 2 bridgehead atoms. The van der Waals surface area contributed by atoms with E-state index in [0.29, 0.717) is 17.9 Å². The predicted molar refractivity (Wildman–Crippen MR) is 144 cm³/mol. The molecule has 1 saturated carbocycles. The number of nitrogens with zero attached hydrogens (tertiary/aromatic N) is 4. The minimum atomic E-state index is -4.76. The van der Waals surface area contributed by atoms with Gasteiger partial charge in [0, 0.05) is 23.2 Å². The Balaban J connectivity index is 1.21. The van der Waals surface area contributed by atoms with Crippen molar-refractivity contribution in [3.8, 4) is 5.75 Å². The number of fused-ring (bicyclic) bond motifs is 1. The van der Waals surface area contributed by atoms with Crippen molar-refractivity contribution in [1.82, 2.24) is 10.3 Å². The zero-order valence-electron chi connectivity index (χ0n) is 22.7. The van der Waals surface area contributed by atoms with Gasteiger partial charge in [0.1, 0.15) is 11.4 Å². The number of carbonyl (C=O) groups excluding carboxylic acids is 1. The van der Waals surface area contributed by atoms with Crippen LogP contribution in [-0.2, 0) is 22.9 Å². The second-order valence-electron chi connectivity index (χ2n) is 10.3. The monoisotopic (exact) mass is 594 g/mol. The zero-order chi connectivity index (χ0) is 30.2. The van der Waals surface area contributed by atoms with Gasteiger partial charge in [0.15, 0.2) is 0 Å². The Hall–Kier alpha value is -4.98. The Morgan fingerprint density at radius 1 is 1.19 bits per heavy atom. The Bertz CT molecular complexity index is 1670. The summed E-state index contributed by atoms with van der Waals surface area (Å²) < 4.78 is 58.8. The second kappa shape index (κ2) is 11.0. The first kappa shape index (κ1) is 28.2. The molecule has 2 N–H and O–H groups in total. The quantitative estimate of drug-likeness (QED) is 0.180. The summed E-state index contributed by atoms with van der Waals surface area (Å²) in [7, 11) is 1.54. The third kappa shape index (κ3) is 5.73. The maximum absolute atomic E-state index is 13.8. The minimum Gasteiger partial charge on any atom is -0.861 e. The van der Waals surface area contributed by atoms with Crippen molar-refractivity contribution in [3.05, 3.63) is 89.9 Å². The van der Waals surface area contributed by atoms with Gasteiger partial charge in [-0.25, -0.2) is 4.79 Å². The highest BCUT2D eigenvalue weighted by Gasteiger charge is 2.61. The number of methoxy groups -OCH3 is 1. The van der Waals surface area contributed by atoms with Crippen LogP contribution in [-0.4, -0.2) is 42.0 Å². The first-order chi connectivity index (χ1) is 20.6. The highest BCUT2D eigenvalue weighted by molar-refractivity contribution is 5.99. The number of rotatable bonds is 8. The normalized spacial score (nSPS) is 21.3. The Morgan fingerprint density at radius 3 is 2.79 bits per heavy atom. The number of aromatic nitrogens is 3. The zero-order valence-corrected chi connectivity index (χ0v) is 22.7. The van der Waals surface area contributed by atoms with E-state index in [-0.39, 0.29) is 36.5 Å². The molecule has 3 fully saturated rings. The lowest BCUT2D eigenvalue weighted by Crippen LogP contribution is -2.55. The number of hydrogen-bond donors (Lipinski definition) is 2. The molecule has 2 aromatic carbocycles. The summed E-state index contributed by atoms with van der Waals surface area (Å²) >= 11 is 0. The molecule has 4 aromatic rings. The maximum atomic E-state index is 13.8. The topological polar surface area (TPSA) is 138 Å². The molecule has 14 heteroatoms. The molecule has 0 radical (unpaired) electrons. The third-order valence-electron chi connectivity index (χ3n) is 7.54. The molecule has 2 amide bonds. The van der Waals surface area contributed by atoms with Crippen LogP contribution in [0.5, 0.6) is 5.75 Å². The van der Waals surface area contributed by atoms with E-state index in [2.05, 4.69) is 25.9 Å². The van der Waals surface area contributed by atoms with Gasteiger partial charge in [-0.05, 0) is 65.0 Å². The summed E-state index contributed by atoms with van der Waals surface area (Å²) in [5.74, 6) is -0.710. The number of anilines is 2. The van der Waals surface area contributed by atoms with Gasteiger partial charge in [0.2, 0.25) is 11.8 Å². The highest BCUT2D eigenvalue weighted by Crippen LogP contribution is 2.57. The molecular weight excluding hydrogens is 569 g/mol. The number of pyridine rings is 1. The Kier molecular flexibility index (Phi) is 7.22. The molecular formula is C29H25F3N6O5. The van der Waals surface area contributed by atoms with Crippen LogP contribution in [0.4, 0.5) is 35.2 Å². The number of nitrogens with one attached hydrogen (secondary N) is 2. The van der Waals surface area contributed by atoms with E-state index in [0.717, 1.165) is 17.7 Å². The first-order valence-corrected chi connectivity index (χ1v) is 13.2. The smallest absolute Gasteiger partial charge is 0.416 e. The van der Waals surface area contributed by atoms with Gasteiger partial charge in [0.05, 0.1) is 31.1 Å². The molecule has 2 aromatic heterocycles. The summed E-state index contributed by atoms with van der Waals surface area (Å²) in [4.78, 5) is 20.8. The van der Waals surface area contributed by atoms with Gasteiger partial charge in [-0.2, -0.15) is 13.2 Å². The van der Waals surface area contributed by atoms with Crippen molar-refractivity contribution in [2.24, 2.45) is 10.9 Å². The van der Waals surface area contributed by atoms with E-state index in [4.69, 9.17) is 14.0 Å². The van der Waals surface area contributed by atoms with Crippen molar-refractivity contribution < 1.29 is 41.8 Å². The van der Waals surface area contributed by atoms with Crippen molar-refractivity contribution in [3.63, 3.8) is 0 Å². The lowest BCUT2D eigenvalue weighted by molar-refractivity contribution is -0.755. The number of aliphatic imine (C=N–C) groups is 1. The highest BCUT2D eigenvalue weighted by atomic mass is 19.4.